The second-order valence-electron chi connectivity index (χ2n) is 9.41. The van der Waals surface area contributed by atoms with E-state index in [9.17, 15) is 9.59 Å². The smallest absolute Gasteiger partial charge is 0.239 e. The van der Waals surface area contributed by atoms with Gasteiger partial charge in [0.25, 0.3) is 0 Å². The number of fused-ring (bicyclic) bond motifs is 9. The Labute approximate surface area is 218 Å². The van der Waals surface area contributed by atoms with Crippen LogP contribution in [0.1, 0.15) is 30.4 Å². The molecule has 3 aliphatic heterocycles. The first-order valence-electron chi connectivity index (χ1n) is 12.9. The van der Waals surface area contributed by atoms with Gasteiger partial charge in [-0.1, -0.05) is 18.2 Å². The van der Waals surface area contributed by atoms with Crippen molar-refractivity contribution in [3.8, 4) is 17.2 Å². The predicted octanol–water partition coefficient (Wildman–Crippen LogP) is 2.66. The van der Waals surface area contributed by atoms with Gasteiger partial charge in [0.15, 0.2) is 11.5 Å². The van der Waals surface area contributed by atoms with Crippen LogP contribution in [-0.4, -0.2) is 75.9 Å². The van der Waals surface area contributed by atoms with Crippen LogP contribution in [0.4, 0.5) is 0 Å². The van der Waals surface area contributed by atoms with Crippen LogP contribution in [-0.2, 0) is 32.1 Å². The Balaban J connectivity index is 1.59. The fourth-order valence-corrected chi connectivity index (χ4v) is 4.69. The molecule has 0 radical (unpaired) electrons. The molecule has 0 unspecified atom stereocenters. The van der Waals surface area contributed by atoms with Gasteiger partial charge in [0, 0.05) is 33.2 Å². The maximum Gasteiger partial charge on any atom is 0.239 e. The normalized spacial score (nSPS) is 21.2. The summed E-state index contributed by atoms with van der Waals surface area (Å²) >= 11 is 0. The molecule has 9 heteroatoms. The van der Waals surface area contributed by atoms with Crippen LogP contribution in [0, 0.1) is 0 Å². The summed E-state index contributed by atoms with van der Waals surface area (Å²) in [4.78, 5) is 27.8. The molecule has 1 fully saturated rings. The second-order valence-corrected chi connectivity index (χ2v) is 9.41. The molecule has 3 aliphatic rings. The van der Waals surface area contributed by atoms with Gasteiger partial charge < -0.3 is 34.5 Å². The van der Waals surface area contributed by atoms with Crippen molar-refractivity contribution in [2.24, 2.45) is 0 Å². The van der Waals surface area contributed by atoms with Gasteiger partial charge in [-0.25, -0.2) is 0 Å². The number of hydrogen-bond donors (Lipinski definition) is 2. The van der Waals surface area contributed by atoms with Gasteiger partial charge in [0.05, 0.1) is 32.4 Å². The molecule has 200 valence electrons. The van der Waals surface area contributed by atoms with Crippen LogP contribution in [0.2, 0.25) is 0 Å². The number of nitrogens with one attached hydrogen (secondary N) is 2. The van der Waals surface area contributed by atoms with Gasteiger partial charge in [0.2, 0.25) is 11.8 Å². The number of ether oxygens (including phenoxy) is 4. The molecule has 9 nitrogen and oxygen atoms in total. The topological polar surface area (TPSA) is 98.4 Å². The first kappa shape index (κ1) is 26.9. The number of aryl methyl sites for hydroxylation is 1. The minimum atomic E-state index is -0.188. The van der Waals surface area contributed by atoms with Gasteiger partial charge in [-0.3, -0.25) is 9.59 Å². The molecule has 1 saturated heterocycles. The Morgan fingerprint density at radius 3 is 2.81 bits per heavy atom. The van der Waals surface area contributed by atoms with Crippen molar-refractivity contribution >= 4 is 11.8 Å². The Kier molecular flexibility index (Phi) is 9.76. The predicted molar refractivity (Wildman–Crippen MR) is 139 cm³/mol. The molecular formula is C28H37N3O6. The van der Waals surface area contributed by atoms with Gasteiger partial charge in [-0.05, 0) is 61.2 Å². The highest BCUT2D eigenvalue weighted by atomic mass is 16.5. The highest BCUT2D eigenvalue weighted by Crippen LogP contribution is 2.33. The van der Waals surface area contributed by atoms with Crippen LogP contribution < -0.4 is 20.1 Å². The maximum atomic E-state index is 13.2. The molecule has 0 aromatic heterocycles. The quantitative estimate of drug-likeness (QED) is 0.596. The Bertz CT molecular complexity index is 1060. The van der Waals surface area contributed by atoms with Crippen molar-refractivity contribution in [3.63, 3.8) is 0 Å². The van der Waals surface area contributed by atoms with Crippen molar-refractivity contribution in [1.29, 1.82) is 0 Å². The lowest BCUT2D eigenvalue weighted by Gasteiger charge is -2.33. The van der Waals surface area contributed by atoms with E-state index in [0.717, 1.165) is 24.1 Å². The number of amides is 2. The van der Waals surface area contributed by atoms with E-state index in [2.05, 4.69) is 10.6 Å². The number of rotatable bonds is 5. The maximum absolute atomic E-state index is 13.2. The van der Waals surface area contributed by atoms with Crippen LogP contribution in [0.3, 0.4) is 0 Å². The molecule has 0 spiro atoms. The average Bonchev–Trinajstić information content (AvgIpc) is 2.91. The summed E-state index contributed by atoms with van der Waals surface area (Å²) in [5, 5.41) is 6.43. The standard InChI is InChI=1S/C28H37N3O6/c1-34-14-4-13-31-18-27(32)30-23-17-29-12-11-24(23)36-19-21-5-3-6-22(15-21)37-25-9-7-20(8-10-28(31)33)16-26(25)35-2/h3,5-7,9,15-16,23-24,29H,4,8,10-14,17-19H2,1-2H3,(H,30,32)/t23-,24+/m0/s1. The number of benzene rings is 2. The number of carbonyl (C=O) groups excluding carboxylic acids is 2. The number of nitrogens with zero attached hydrogens (tertiary/aromatic N) is 1. The van der Waals surface area contributed by atoms with Gasteiger partial charge >= 0.3 is 0 Å². The fraction of sp³-hybridized carbons (Fsp3) is 0.500. The van der Waals surface area contributed by atoms with E-state index >= 15 is 0 Å². The van der Waals surface area contributed by atoms with E-state index in [4.69, 9.17) is 18.9 Å². The molecule has 4 bridgehead atoms. The number of carbonyl (C=O) groups is 2. The highest BCUT2D eigenvalue weighted by Gasteiger charge is 2.28. The van der Waals surface area contributed by atoms with E-state index in [1.807, 2.05) is 42.5 Å². The third-order valence-corrected chi connectivity index (χ3v) is 6.67. The lowest BCUT2D eigenvalue weighted by atomic mass is 10.0. The summed E-state index contributed by atoms with van der Waals surface area (Å²) in [5.74, 6) is 1.62. The lowest BCUT2D eigenvalue weighted by Crippen LogP contribution is -2.56. The summed E-state index contributed by atoms with van der Waals surface area (Å²) in [5.41, 5.74) is 1.93. The van der Waals surface area contributed by atoms with E-state index in [1.54, 1.807) is 19.1 Å². The SMILES string of the molecule is COCCCN1CC(=O)N[C@H]2CNCC[C@H]2OCc2cccc(c2)Oc2ccc(cc2OC)CCC1=O. The van der Waals surface area contributed by atoms with Crippen molar-refractivity contribution in [1.82, 2.24) is 15.5 Å². The van der Waals surface area contributed by atoms with Gasteiger partial charge in [0.1, 0.15) is 5.75 Å². The minimum absolute atomic E-state index is 0.00388. The molecule has 37 heavy (non-hydrogen) atoms. The minimum Gasteiger partial charge on any atom is -0.493 e. The Hall–Kier alpha value is -3.14. The van der Waals surface area contributed by atoms with Crippen molar-refractivity contribution in [2.75, 3.05) is 47.0 Å². The molecular weight excluding hydrogens is 474 g/mol. The van der Waals surface area contributed by atoms with Crippen LogP contribution in [0.5, 0.6) is 17.2 Å². The molecule has 2 atom stereocenters. The summed E-state index contributed by atoms with van der Waals surface area (Å²) in [6, 6.07) is 13.3. The average molecular weight is 512 g/mol. The molecule has 2 aromatic carbocycles. The zero-order valence-corrected chi connectivity index (χ0v) is 21.7. The van der Waals surface area contributed by atoms with Crippen molar-refractivity contribution in [3.05, 3.63) is 53.6 Å². The first-order chi connectivity index (χ1) is 18.1. The molecule has 0 aliphatic carbocycles. The number of hydrogen-bond acceptors (Lipinski definition) is 7. The number of piperidine rings is 1. The molecule has 2 amide bonds. The van der Waals surface area contributed by atoms with Crippen LogP contribution in [0.25, 0.3) is 0 Å². The third kappa shape index (κ3) is 7.67. The number of methoxy groups -OCH3 is 2. The zero-order chi connectivity index (χ0) is 26.0. The molecule has 5 rings (SSSR count). The molecule has 0 saturated carbocycles. The molecule has 2 N–H and O–H groups in total. The third-order valence-electron chi connectivity index (χ3n) is 6.67. The van der Waals surface area contributed by atoms with Crippen LogP contribution in [0.15, 0.2) is 42.5 Å². The highest BCUT2D eigenvalue weighted by molar-refractivity contribution is 5.85. The van der Waals surface area contributed by atoms with E-state index in [-0.39, 0.29) is 36.9 Å². The largest absolute Gasteiger partial charge is 0.493 e. The summed E-state index contributed by atoms with van der Waals surface area (Å²) < 4.78 is 23.1. The molecule has 2 aromatic rings. The first-order valence-corrected chi connectivity index (χ1v) is 12.9. The Morgan fingerprint density at radius 2 is 1.97 bits per heavy atom. The second kappa shape index (κ2) is 13.4. The summed E-state index contributed by atoms with van der Waals surface area (Å²) in [7, 11) is 3.23. The summed E-state index contributed by atoms with van der Waals surface area (Å²) in [6.45, 7) is 2.81. The van der Waals surface area contributed by atoms with E-state index in [0.29, 0.717) is 56.4 Å². The monoisotopic (exact) mass is 511 g/mol. The zero-order valence-electron chi connectivity index (χ0n) is 21.7. The van der Waals surface area contributed by atoms with Crippen molar-refractivity contribution < 1.29 is 28.5 Å². The Morgan fingerprint density at radius 1 is 1.08 bits per heavy atom. The molecule has 3 heterocycles. The van der Waals surface area contributed by atoms with E-state index < -0.39 is 0 Å². The fourth-order valence-electron chi connectivity index (χ4n) is 4.69. The summed E-state index contributed by atoms with van der Waals surface area (Å²) in [6.07, 6.45) is 2.10. The van der Waals surface area contributed by atoms with Gasteiger partial charge in [-0.2, -0.15) is 0 Å². The van der Waals surface area contributed by atoms with Crippen molar-refractivity contribution in [2.45, 2.75) is 44.4 Å². The van der Waals surface area contributed by atoms with Gasteiger partial charge in [-0.15, -0.1) is 0 Å². The lowest BCUT2D eigenvalue weighted by molar-refractivity contribution is -0.137. The van der Waals surface area contributed by atoms with E-state index in [1.165, 1.54) is 0 Å². The van der Waals surface area contributed by atoms with Crippen LogP contribution >= 0.6 is 0 Å².